The lowest BCUT2D eigenvalue weighted by Gasteiger charge is -2.12. The van der Waals surface area contributed by atoms with Gasteiger partial charge in [0.25, 0.3) is 0 Å². The van der Waals surface area contributed by atoms with Crippen LogP contribution < -0.4 is 10.5 Å². The van der Waals surface area contributed by atoms with Gasteiger partial charge in [0.15, 0.2) is 0 Å². The lowest BCUT2D eigenvalue weighted by Crippen LogP contribution is -2.03. The van der Waals surface area contributed by atoms with Crippen LogP contribution in [-0.2, 0) is 6.54 Å². The first-order valence-corrected chi connectivity index (χ1v) is 6.93. The summed E-state index contributed by atoms with van der Waals surface area (Å²) in [5.74, 6) is 0.574. The Morgan fingerprint density at radius 3 is 2.81 bits per heavy atom. The Kier molecular flexibility index (Phi) is 3.52. The summed E-state index contributed by atoms with van der Waals surface area (Å²) in [6, 6.07) is 12.4. The molecule has 0 atom stereocenters. The van der Waals surface area contributed by atoms with E-state index in [1.807, 2.05) is 42.0 Å². The van der Waals surface area contributed by atoms with E-state index in [1.54, 1.807) is 12.1 Å². The molecule has 0 radical (unpaired) electrons. The molecule has 0 saturated heterocycles. The van der Waals surface area contributed by atoms with Gasteiger partial charge in [0.2, 0.25) is 0 Å². The molecular weight excluding hydrogens is 267 g/mol. The SMILES string of the molecule is CCOc1ccc(N)cc1Cn1ccc2ccc(F)cc21. The van der Waals surface area contributed by atoms with Crippen LogP contribution in [0.15, 0.2) is 48.7 Å². The average Bonchev–Trinajstić information content (AvgIpc) is 2.84. The second-order valence-electron chi connectivity index (χ2n) is 4.95. The fourth-order valence-corrected chi connectivity index (χ4v) is 2.50. The smallest absolute Gasteiger partial charge is 0.125 e. The van der Waals surface area contributed by atoms with Crippen molar-refractivity contribution in [1.29, 1.82) is 0 Å². The molecule has 0 saturated carbocycles. The zero-order valence-electron chi connectivity index (χ0n) is 11.8. The lowest BCUT2D eigenvalue weighted by atomic mass is 10.1. The van der Waals surface area contributed by atoms with Gasteiger partial charge in [0, 0.05) is 17.4 Å². The molecule has 0 aliphatic rings. The Morgan fingerprint density at radius 1 is 1.14 bits per heavy atom. The van der Waals surface area contributed by atoms with Crippen LogP contribution in [0.5, 0.6) is 5.75 Å². The van der Waals surface area contributed by atoms with Gasteiger partial charge in [-0.1, -0.05) is 0 Å². The van der Waals surface area contributed by atoms with E-state index >= 15 is 0 Å². The number of anilines is 1. The van der Waals surface area contributed by atoms with E-state index in [2.05, 4.69) is 0 Å². The molecule has 0 amide bonds. The van der Waals surface area contributed by atoms with Crippen molar-refractivity contribution in [1.82, 2.24) is 4.57 Å². The highest BCUT2D eigenvalue weighted by Gasteiger charge is 2.08. The van der Waals surface area contributed by atoms with Gasteiger partial charge in [-0.2, -0.15) is 0 Å². The fourth-order valence-electron chi connectivity index (χ4n) is 2.50. The zero-order valence-corrected chi connectivity index (χ0v) is 11.8. The monoisotopic (exact) mass is 284 g/mol. The predicted molar refractivity (Wildman–Crippen MR) is 83.0 cm³/mol. The van der Waals surface area contributed by atoms with Crippen LogP contribution >= 0.6 is 0 Å². The summed E-state index contributed by atoms with van der Waals surface area (Å²) in [5, 5.41) is 1.01. The highest BCUT2D eigenvalue weighted by atomic mass is 19.1. The number of hydrogen-bond acceptors (Lipinski definition) is 2. The first-order valence-electron chi connectivity index (χ1n) is 6.93. The van der Waals surface area contributed by atoms with Crippen molar-refractivity contribution < 1.29 is 9.13 Å². The number of rotatable bonds is 4. The van der Waals surface area contributed by atoms with E-state index in [-0.39, 0.29) is 5.82 Å². The fraction of sp³-hybridized carbons (Fsp3) is 0.176. The standard InChI is InChI=1S/C17H17FN2O/c1-2-21-17-6-5-15(19)9-13(17)11-20-8-7-12-3-4-14(18)10-16(12)20/h3-10H,2,11,19H2,1H3. The van der Waals surface area contributed by atoms with Gasteiger partial charge in [-0.3, -0.25) is 0 Å². The van der Waals surface area contributed by atoms with Gasteiger partial charge in [0.1, 0.15) is 11.6 Å². The van der Waals surface area contributed by atoms with Crippen LogP contribution in [-0.4, -0.2) is 11.2 Å². The lowest BCUT2D eigenvalue weighted by molar-refractivity contribution is 0.336. The van der Waals surface area contributed by atoms with Crippen LogP contribution in [0.1, 0.15) is 12.5 Å². The molecule has 21 heavy (non-hydrogen) atoms. The Morgan fingerprint density at radius 2 is 2.00 bits per heavy atom. The van der Waals surface area contributed by atoms with Gasteiger partial charge in [-0.25, -0.2) is 4.39 Å². The van der Waals surface area contributed by atoms with E-state index in [9.17, 15) is 4.39 Å². The molecule has 3 nitrogen and oxygen atoms in total. The maximum atomic E-state index is 13.4. The van der Waals surface area contributed by atoms with Crippen molar-refractivity contribution in [3.05, 3.63) is 60.0 Å². The molecule has 3 rings (SSSR count). The summed E-state index contributed by atoms with van der Waals surface area (Å²) >= 11 is 0. The van der Waals surface area contributed by atoms with Crippen LogP contribution in [0.3, 0.4) is 0 Å². The summed E-state index contributed by atoms with van der Waals surface area (Å²) < 4.78 is 21.1. The minimum atomic E-state index is -0.236. The molecule has 4 heteroatoms. The predicted octanol–water partition coefficient (Wildman–Crippen LogP) is 3.81. The van der Waals surface area contributed by atoms with E-state index in [0.717, 1.165) is 22.2 Å². The summed E-state index contributed by atoms with van der Waals surface area (Å²) in [6.45, 7) is 3.13. The number of ether oxygens (including phenoxy) is 1. The van der Waals surface area contributed by atoms with Crippen molar-refractivity contribution in [2.45, 2.75) is 13.5 Å². The normalized spacial score (nSPS) is 11.0. The molecule has 0 aliphatic heterocycles. The van der Waals surface area contributed by atoms with Gasteiger partial charge in [-0.05, 0) is 54.8 Å². The number of halogens is 1. The van der Waals surface area contributed by atoms with Gasteiger partial charge in [0.05, 0.1) is 18.7 Å². The van der Waals surface area contributed by atoms with E-state index in [0.29, 0.717) is 18.8 Å². The Balaban J connectivity index is 2.02. The number of nitrogen functional groups attached to an aromatic ring is 1. The second kappa shape index (κ2) is 5.48. The van der Waals surface area contributed by atoms with E-state index < -0.39 is 0 Å². The summed E-state index contributed by atoms with van der Waals surface area (Å²) in [5.41, 5.74) is 8.40. The van der Waals surface area contributed by atoms with Crippen molar-refractivity contribution in [2.75, 3.05) is 12.3 Å². The van der Waals surface area contributed by atoms with Crippen molar-refractivity contribution in [3.63, 3.8) is 0 Å². The van der Waals surface area contributed by atoms with E-state index in [1.165, 1.54) is 6.07 Å². The molecule has 0 aliphatic carbocycles. The summed E-state index contributed by atoms with van der Waals surface area (Å²) in [7, 11) is 0. The minimum absolute atomic E-state index is 0.236. The molecule has 0 fully saturated rings. The highest BCUT2D eigenvalue weighted by Crippen LogP contribution is 2.25. The maximum absolute atomic E-state index is 13.4. The first-order chi connectivity index (χ1) is 10.2. The molecule has 1 heterocycles. The largest absolute Gasteiger partial charge is 0.494 e. The minimum Gasteiger partial charge on any atom is -0.494 e. The van der Waals surface area contributed by atoms with E-state index in [4.69, 9.17) is 10.5 Å². The number of hydrogen-bond donors (Lipinski definition) is 1. The third kappa shape index (κ3) is 2.70. The molecule has 2 aromatic carbocycles. The number of nitrogens with zero attached hydrogens (tertiary/aromatic N) is 1. The third-order valence-corrected chi connectivity index (χ3v) is 3.46. The highest BCUT2D eigenvalue weighted by molar-refractivity contribution is 5.80. The molecular formula is C17H17FN2O. The number of fused-ring (bicyclic) bond motifs is 1. The average molecular weight is 284 g/mol. The number of nitrogens with two attached hydrogens (primary N) is 1. The Labute approximate surface area is 122 Å². The topological polar surface area (TPSA) is 40.2 Å². The van der Waals surface area contributed by atoms with Crippen LogP contribution in [0.4, 0.5) is 10.1 Å². The van der Waals surface area contributed by atoms with Crippen LogP contribution in [0, 0.1) is 5.82 Å². The molecule has 0 unspecified atom stereocenters. The molecule has 0 bridgehead atoms. The summed E-state index contributed by atoms with van der Waals surface area (Å²) in [4.78, 5) is 0. The second-order valence-corrected chi connectivity index (χ2v) is 4.95. The molecule has 2 N–H and O–H groups in total. The Hall–Kier alpha value is -2.49. The number of aromatic nitrogens is 1. The molecule has 1 aromatic heterocycles. The third-order valence-electron chi connectivity index (χ3n) is 3.46. The van der Waals surface area contributed by atoms with Crippen molar-refractivity contribution in [2.24, 2.45) is 0 Å². The van der Waals surface area contributed by atoms with Crippen molar-refractivity contribution >= 4 is 16.6 Å². The van der Waals surface area contributed by atoms with Gasteiger partial charge < -0.3 is 15.0 Å². The van der Waals surface area contributed by atoms with Crippen LogP contribution in [0.2, 0.25) is 0 Å². The van der Waals surface area contributed by atoms with Gasteiger partial charge >= 0.3 is 0 Å². The quantitative estimate of drug-likeness (QED) is 0.740. The number of benzene rings is 2. The van der Waals surface area contributed by atoms with Crippen LogP contribution in [0.25, 0.3) is 10.9 Å². The Bertz CT molecular complexity index is 780. The molecule has 0 spiro atoms. The van der Waals surface area contributed by atoms with Crippen molar-refractivity contribution in [3.8, 4) is 5.75 Å². The summed E-state index contributed by atoms with van der Waals surface area (Å²) in [6.07, 6.45) is 1.95. The zero-order chi connectivity index (χ0) is 14.8. The molecule has 3 aromatic rings. The molecule has 108 valence electrons. The van der Waals surface area contributed by atoms with Gasteiger partial charge in [-0.15, -0.1) is 0 Å². The first kappa shape index (κ1) is 13.5. The maximum Gasteiger partial charge on any atom is 0.125 e.